The molecule has 0 aliphatic rings. The lowest BCUT2D eigenvalue weighted by Gasteiger charge is -2.23. The fourth-order valence-corrected chi connectivity index (χ4v) is 4.87. The van der Waals surface area contributed by atoms with E-state index in [-0.39, 0.29) is 35.1 Å². The number of amides is 1. The zero-order chi connectivity index (χ0) is 27.4. The highest BCUT2D eigenvalue weighted by Gasteiger charge is 2.26. The van der Waals surface area contributed by atoms with Gasteiger partial charge in [-0.1, -0.05) is 17.7 Å². The fourth-order valence-electron chi connectivity index (χ4n) is 3.78. The van der Waals surface area contributed by atoms with Gasteiger partial charge in [-0.3, -0.25) is 4.31 Å². The van der Waals surface area contributed by atoms with Gasteiger partial charge in [0.1, 0.15) is 22.8 Å². The minimum atomic E-state index is -3.76. The zero-order valence-corrected chi connectivity index (χ0v) is 22.3. The Labute approximate surface area is 224 Å². The first-order chi connectivity index (χ1) is 18.1. The van der Waals surface area contributed by atoms with Crippen LogP contribution in [-0.2, 0) is 10.0 Å². The molecule has 0 aliphatic carbocycles. The molecule has 0 aliphatic heterocycles. The number of ether oxygens (including phenoxy) is 3. The van der Waals surface area contributed by atoms with Crippen LogP contribution in [0.3, 0.4) is 0 Å². The Bertz CT molecular complexity index is 1570. The van der Waals surface area contributed by atoms with Crippen LogP contribution in [0.5, 0.6) is 23.0 Å². The van der Waals surface area contributed by atoms with Crippen LogP contribution in [0.15, 0.2) is 65.1 Å². The van der Waals surface area contributed by atoms with E-state index in [1.165, 1.54) is 26.3 Å². The van der Waals surface area contributed by atoms with Gasteiger partial charge in [0.25, 0.3) is 0 Å². The number of halogens is 1. The standard InChI is InChI=1S/C26H25ClN2O8S/c1-28-26(31)37-25-20-14-23(34-2)21(29(11-12-30)38(3,32)33)15-22(20)36-24(25)16-7-9-18(10-8-16)35-19-6-4-5-17(27)13-19/h4-10,13-15,30H,11-12H2,1-3H3,(H,28,31). The molecular formula is C26H25ClN2O8S. The van der Waals surface area contributed by atoms with Gasteiger partial charge in [0.15, 0.2) is 11.5 Å². The minimum absolute atomic E-state index is 0.112. The molecule has 0 saturated carbocycles. The van der Waals surface area contributed by atoms with Crippen LogP contribution in [0.25, 0.3) is 22.3 Å². The third-order valence-electron chi connectivity index (χ3n) is 5.46. The van der Waals surface area contributed by atoms with E-state index in [2.05, 4.69) is 5.32 Å². The second-order valence-electron chi connectivity index (χ2n) is 8.06. The molecule has 0 bridgehead atoms. The predicted molar refractivity (Wildman–Crippen MR) is 144 cm³/mol. The van der Waals surface area contributed by atoms with Gasteiger partial charge in [0.2, 0.25) is 10.0 Å². The van der Waals surface area contributed by atoms with Crippen molar-refractivity contribution in [3.8, 4) is 34.3 Å². The van der Waals surface area contributed by atoms with Gasteiger partial charge >= 0.3 is 6.09 Å². The number of carbonyl (C=O) groups excluding carboxylic acids is 1. The average molecular weight is 561 g/mol. The Kier molecular flexibility index (Phi) is 8.00. The van der Waals surface area contributed by atoms with Crippen LogP contribution in [-0.4, -0.2) is 53.2 Å². The van der Waals surface area contributed by atoms with Crippen LogP contribution in [0, 0.1) is 0 Å². The molecule has 0 fully saturated rings. The lowest BCUT2D eigenvalue weighted by Crippen LogP contribution is -2.32. The third kappa shape index (κ3) is 5.80. The van der Waals surface area contributed by atoms with E-state index in [9.17, 15) is 18.3 Å². The van der Waals surface area contributed by atoms with Crippen molar-refractivity contribution in [3.63, 3.8) is 0 Å². The van der Waals surface area contributed by atoms with Crippen molar-refractivity contribution in [2.45, 2.75) is 0 Å². The van der Waals surface area contributed by atoms with E-state index in [1.807, 2.05) is 0 Å². The number of nitrogens with zero attached hydrogens (tertiary/aromatic N) is 1. The highest BCUT2D eigenvalue weighted by Crippen LogP contribution is 2.45. The summed E-state index contributed by atoms with van der Waals surface area (Å²) in [6, 6.07) is 16.8. The maximum absolute atomic E-state index is 12.4. The molecule has 10 nitrogen and oxygen atoms in total. The molecule has 0 spiro atoms. The van der Waals surface area contributed by atoms with Gasteiger partial charge in [-0.25, -0.2) is 13.2 Å². The quantitative estimate of drug-likeness (QED) is 0.292. The largest absolute Gasteiger partial charge is 0.495 e. The predicted octanol–water partition coefficient (Wildman–Crippen LogP) is 5.03. The summed E-state index contributed by atoms with van der Waals surface area (Å²) < 4.78 is 48.8. The summed E-state index contributed by atoms with van der Waals surface area (Å²) in [6.07, 6.45) is 0.295. The number of sulfonamides is 1. The Morgan fingerprint density at radius 1 is 1.11 bits per heavy atom. The number of hydrogen-bond donors (Lipinski definition) is 2. The van der Waals surface area contributed by atoms with Crippen LogP contribution in [0.1, 0.15) is 0 Å². The van der Waals surface area contributed by atoms with Crippen LogP contribution < -0.4 is 23.8 Å². The molecule has 38 heavy (non-hydrogen) atoms. The minimum Gasteiger partial charge on any atom is -0.495 e. The average Bonchev–Trinajstić information content (AvgIpc) is 3.23. The number of rotatable bonds is 9. The van der Waals surface area contributed by atoms with Crippen molar-refractivity contribution in [2.24, 2.45) is 0 Å². The molecule has 0 radical (unpaired) electrons. The normalized spacial score (nSPS) is 11.3. The zero-order valence-electron chi connectivity index (χ0n) is 20.7. The van der Waals surface area contributed by atoms with E-state index >= 15 is 0 Å². The molecule has 12 heteroatoms. The van der Waals surface area contributed by atoms with Gasteiger partial charge in [0, 0.05) is 23.7 Å². The van der Waals surface area contributed by atoms with Crippen LogP contribution >= 0.6 is 11.6 Å². The van der Waals surface area contributed by atoms with Gasteiger partial charge in [-0.15, -0.1) is 0 Å². The first kappa shape index (κ1) is 27.1. The molecule has 4 rings (SSSR count). The summed E-state index contributed by atoms with van der Waals surface area (Å²) in [5.74, 6) is 1.62. The Morgan fingerprint density at radius 3 is 2.45 bits per heavy atom. The van der Waals surface area contributed by atoms with Gasteiger partial charge in [-0.2, -0.15) is 0 Å². The Balaban J connectivity index is 1.82. The number of hydrogen-bond acceptors (Lipinski definition) is 8. The number of aliphatic hydroxyl groups is 1. The van der Waals surface area contributed by atoms with Crippen molar-refractivity contribution in [1.29, 1.82) is 0 Å². The number of anilines is 1. The molecule has 1 aromatic heterocycles. The summed E-state index contributed by atoms with van der Waals surface area (Å²) in [6.45, 7) is -0.601. The monoisotopic (exact) mass is 560 g/mol. The molecule has 4 aromatic rings. The van der Waals surface area contributed by atoms with E-state index in [4.69, 9.17) is 30.2 Å². The molecule has 3 aromatic carbocycles. The first-order valence-corrected chi connectivity index (χ1v) is 13.5. The van der Waals surface area contributed by atoms with Crippen LogP contribution in [0.4, 0.5) is 10.5 Å². The molecule has 1 heterocycles. The molecule has 200 valence electrons. The van der Waals surface area contributed by atoms with E-state index < -0.39 is 22.7 Å². The maximum Gasteiger partial charge on any atom is 0.412 e. The summed E-state index contributed by atoms with van der Waals surface area (Å²) in [5.41, 5.74) is 0.962. The number of fused-ring (bicyclic) bond motifs is 1. The second kappa shape index (κ2) is 11.2. The third-order valence-corrected chi connectivity index (χ3v) is 6.88. The number of benzene rings is 3. The highest BCUT2D eigenvalue weighted by atomic mass is 35.5. The topological polar surface area (TPSA) is 128 Å². The van der Waals surface area contributed by atoms with Gasteiger partial charge < -0.3 is 29.1 Å². The lowest BCUT2D eigenvalue weighted by molar-refractivity contribution is 0.203. The Hall–Kier alpha value is -3.93. The maximum atomic E-state index is 12.4. The number of methoxy groups -OCH3 is 1. The van der Waals surface area contributed by atoms with E-state index in [0.717, 1.165) is 10.6 Å². The first-order valence-electron chi connectivity index (χ1n) is 11.3. The summed E-state index contributed by atoms with van der Waals surface area (Å²) in [4.78, 5) is 12.2. The molecule has 0 unspecified atom stereocenters. The van der Waals surface area contributed by atoms with Crippen LogP contribution in [0.2, 0.25) is 5.02 Å². The fraction of sp³-hybridized carbons (Fsp3) is 0.192. The van der Waals surface area contributed by atoms with Crippen molar-refractivity contribution < 1.29 is 36.9 Å². The van der Waals surface area contributed by atoms with E-state index in [1.54, 1.807) is 48.5 Å². The lowest BCUT2D eigenvalue weighted by atomic mass is 10.1. The van der Waals surface area contributed by atoms with Crippen molar-refractivity contribution in [2.75, 3.05) is 37.9 Å². The Morgan fingerprint density at radius 2 is 1.84 bits per heavy atom. The highest BCUT2D eigenvalue weighted by molar-refractivity contribution is 7.92. The number of furan rings is 1. The SMILES string of the molecule is CNC(=O)Oc1c(-c2ccc(Oc3cccc(Cl)c3)cc2)oc2cc(N(CCO)S(C)(=O)=O)c(OC)cc12. The molecule has 0 saturated heterocycles. The number of nitrogens with one attached hydrogen (secondary N) is 1. The smallest absolute Gasteiger partial charge is 0.412 e. The van der Waals surface area contributed by atoms with Gasteiger partial charge in [-0.05, 0) is 48.5 Å². The van der Waals surface area contributed by atoms with Gasteiger partial charge in [0.05, 0.1) is 37.6 Å². The molecule has 1 amide bonds. The van der Waals surface area contributed by atoms with Crippen molar-refractivity contribution in [3.05, 3.63) is 65.7 Å². The number of aliphatic hydroxyl groups excluding tert-OH is 1. The molecule has 2 N–H and O–H groups in total. The van der Waals surface area contributed by atoms with E-state index in [0.29, 0.717) is 27.5 Å². The van der Waals surface area contributed by atoms with Crippen molar-refractivity contribution in [1.82, 2.24) is 5.32 Å². The number of carbonyl (C=O) groups is 1. The summed E-state index contributed by atoms with van der Waals surface area (Å²) in [7, 11) is -0.961. The molecule has 0 atom stereocenters. The summed E-state index contributed by atoms with van der Waals surface area (Å²) >= 11 is 6.02. The summed E-state index contributed by atoms with van der Waals surface area (Å²) in [5, 5.41) is 12.8. The second-order valence-corrected chi connectivity index (χ2v) is 10.4. The van der Waals surface area contributed by atoms with Crippen molar-refractivity contribution >= 4 is 44.4 Å². The molecular weight excluding hydrogens is 536 g/mol.